The van der Waals surface area contributed by atoms with Gasteiger partial charge in [0.05, 0.1) is 26.5 Å². The highest BCUT2D eigenvalue weighted by Gasteiger charge is 2.67. The standard InChI is InChI=1S/C21H15Cl5F2N2O2/c22-13-4-2-10(6-12(13)18(31)30-11-7-20(27,28)8-11)29-19(32)17-16(21(17,25)26)9-1-3-14(23)15(24)5-9/h1-6,11,16-17H,7-8H2,(H,29,32)(H,30,31). The number of carbonyl (C=O) groups is 2. The summed E-state index contributed by atoms with van der Waals surface area (Å²) in [4.78, 5) is 25.3. The van der Waals surface area contributed by atoms with E-state index < -0.39 is 52.8 Å². The molecule has 0 aromatic heterocycles. The second-order valence-electron chi connectivity index (χ2n) is 7.92. The van der Waals surface area contributed by atoms with Crippen molar-refractivity contribution in [1.29, 1.82) is 0 Å². The lowest BCUT2D eigenvalue weighted by molar-refractivity contribution is -0.117. The smallest absolute Gasteiger partial charge is 0.253 e. The SMILES string of the molecule is O=C(NC1CC(F)(F)C1)c1cc(NC(=O)C2C(c3ccc(Cl)c(Cl)c3)C2(Cl)Cl)ccc1Cl. The van der Waals surface area contributed by atoms with Crippen molar-refractivity contribution >= 4 is 75.5 Å². The summed E-state index contributed by atoms with van der Waals surface area (Å²) in [7, 11) is 0. The van der Waals surface area contributed by atoms with Crippen LogP contribution in [0.25, 0.3) is 0 Å². The lowest BCUT2D eigenvalue weighted by Gasteiger charge is -2.35. The molecule has 2 fully saturated rings. The summed E-state index contributed by atoms with van der Waals surface area (Å²) in [6.45, 7) is 0. The Kier molecular flexibility index (Phi) is 6.31. The molecule has 2 N–H and O–H groups in total. The van der Waals surface area contributed by atoms with Crippen molar-refractivity contribution < 1.29 is 18.4 Å². The van der Waals surface area contributed by atoms with E-state index in [0.717, 1.165) is 0 Å². The quantitative estimate of drug-likeness (QED) is 0.413. The van der Waals surface area contributed by atoms with Crippen LogP contribution in [0.5, 0.6) is 0 Å². The van der Waals surface area contributed by atoms with Crippen LogP contribution in [-0.2, 0) is 4.79 Å². The predicted octanol–water partition coefficient (Wildman–Crippen LogP) is 6.70. The zero-order chi connectivity index (χ0) is 23.4. The molecule has 2 saturated carbocycles. The number of rotatable bonds is 5. The summed E-state index contributed by atoms with van der Waals surface area (Å²) < 4.78 is 24.7. The molecule has 0 radical (unpaired) electrons. The van der Waals surface area contributed by atoms with Gasteiger partial charge in [0.25, 0.3) is 11.8 Å². The number of anilines is 1. The Labute approximate surface area is 207 Å². The molecule has 2 aliphatic rings. The lowest BCUT2D eigenvalue weighted by atomic mass is 9.88. The van der Waals surface area contributed by atoms with E-state index in [4.69, 9.17) is 58.0 Å². The van der Waals surface area contributed by atoms with Crippen LogP contribution < -0.4 is 10.6 Å². The lowest BCUT2D eigenvalue weighted by Crippen LogP contribution is -2.50. The van der Waals surface area contributed by atoms with E-state index >= 15 is 0 Å². The number of halogens is 7. The molecule has 11 heteroatoms. The van der Waals surface area contributed by atoms with Crippen molar-refractivity contribution in [3.63, 3.8) is 0 Å². The number of hydrogen-bond acceptors (Lipinski definition) is 2. The third kappa shape index (κ3) is 4.66. The van der Waals surface area contributed by atoms with E-state index in [9.17, 15) is 18.4 Å². The molecule has 4 nitrogen and oxygen atoms in total. The van der Waals surface area contributed by atoms with Crippen LogP contribution >= 0.6 is 58.0 Å². The molecule has 0 bridgehead atoms. The molecule has 2 unspecified atom stereocenters. The van der Waals surface area contributed by atoms with Gasteiger partial charge in [-0.3, -0.25) is 9.59 Å². The molecular weight excluding hydrogens is 528 g/mol. The maximum Gasteiger partial charge on any atom is 0.253 e. The van der Waals surface area contributed by atoms with Gasteiger partial charge in [-0.2, -0.15) is 0 Å². The highest BCUT2D eigenvalue weighted by molar-refractivity contribution is 6.53. The molecule has 2 aromatic rings. The van der Waals surface area contributed by atoms with Crippen LogP contribution in [0.3, 0.4) is 0 Å². The Morgan fingerprint density at radius 1 is 0.938 bits per heavy atom. The van der Waals surface area contributed by atoms with Gasteiger partial charge in [-0.1, -0.05) is 40.9 Å². The average molecular weight is 543 g/mol. The van der Waals surface area contributed by atoms with Gasteiger partial charge < -0.3 is 10.6 Å². The molecule has 0 saturated heterocycles. The number of alkyl halides is 4. The summed E-state index contributed by atoms with van der Waals surface area (Å²) in [5.41, 5.74) is 1.00. The van der Waals surface area contributed by atoms with Crippen LogP contribution in [0.15, 0.2) is 36.4 Å². The Morgan fingerprint density at radius 3 is 2.22 bits per heavy atom. The number of amides is 2. The molecule has 4 rings (SSSR count). The van der Waals surface area contributed by atoms with Gasteiger partial charge >= 0.3 is 0 Å². The zero-order valence-corrected chi connectivity index (χ0v) is 19.9. The summed E-state index contributed by atoms with van der Waals surface area (Å²) in [5, 5.41) is 5.99. The maximum atomic E-state index is 13.0. The van der Waals surface area contributed by atoms with Crippen molar-refractivity contribution in [1.82, 2.24) is 5.32 Å². The fourth-order valence-electron chi connectivity index (χ4n) is 3.80. The Balaban J connectivity index is 1.46. The largest absolute Gasteiger partial charge is 0.349 e. The van der Waals surface area contributed by atoms with Crippen LogP contribution in [0.2, 0.25) is 15.1 Å². The van der Waals surface area contributed by atoms with Gasteiger partial charge in [-0.15, -0.1) is 23.2 Å². The molecule has 0 heterocycles. The predicted molar refractivity (Wildman–Crippen MR) is 123 cm³/mol. The second kappa shape index (κ2) is 8.48. The third-order valence-electron chi connectivity index (χ3n) is 5.54. The van der Waals surface area contributed by atoms with Crippen LogP contribution in [0, 0.1) is 5.92 Å². The summed E-state index contributed by atoms with van der Waals surface area (Å²) in [6.07, 6.45) is -0.837. The molecule has 2 aromatic carbocycles. The van der Waals surface area contributed by atoms with Crippen molar-refractivity contribution in [2.45, 2.75) is 35.1 Å². The monoisotopic (exact) mass is 540 g/mol. The third-order valence-corrected chi connectivity index (χ3v) is 7.55. The second-order valence-corrected chi connectivity index (χ2v) is 10.6. The number of nitrogens with one attached hydrogen (secondary N) is 2. The van der Waals surface area contributed by atoms with Gasteiger partial charge in [-0.05, 0) is 35.9 Å². The number of carbonyl (C=O) groups excluding carboxylic acids is 2. The molecule has 2 atom stereocenters. The topological polar surface area (TPSA) is 58.2 Å². The first-order valence-electron chi connectivity index (χ1n) is 9.51. The first kappa shape index (κ1) is 23.8. The van der Waals surface area contributed by atoms with E-state index in [2.05, 4.69) is 10.6 Å². The van der Waals surface area contributed by atoms with E-state index in [1.807, 2.05) is 0 Å². The minimum absolute atomic E-state index is 0.0551. The Bertz CT molecular complexity index is 1100. The van der Waals surface area contributed by atoms with Crippen LogP contribution in [0.1, 0.15) is 34.7 Å². The van der Waals surface area contributed by atoms with Crippen molar-refractivity contribution in [3.05, 3.63) is 62.6 Å². The molecule has 2 amide bonds. The normalized spacial score (nSPS) is 23.2. The highest BCUT2D eigenvalue weighted by atomic mass is 35.5. The average Bonchev–Trinajstić information content (AvgIpc) is 3.26. The first-order valence-corrected chi connectivity index (χ1v) is 11.4. The summed E-state index contributed by atoms with van der Waals surface area (Å²) in [6, 6.07) is 8.58. The number of hydrogen-bond donors (Lipinski definition) is 2. The van der Waals surface area contributed by atoms with Crippen LogP contribution in [-0.4, -0.2) is 28.1 Å². The minimum atomic E-state index is -2.76. The van der Waals surface area contributed by atoms with E-state index in [0.29, 0.717) is 15.6 Å². The highest BCUT2D eigenvalue weighted by Crippen LogP contribution is 2.65. The van der Waals surface area contributed by atoms with E-state index in [1.54, 1.807) is 18.2 Å². The van der Waals surface area contributed by atoms with Crippen molar-refractivity contribution in [2.24, 2.45) is 5.92 Å². The van der Waals surface area contributed by atoms with Crippen LogP contribution in [0.4, 0.5) is 14.5 Å². The van der Waals surface area contributed by atoms with Gasteiger partial charge in [0, 0.05) is 30.5 Å². The Morgan fingerprint density at radius 2 is 1.59 bits per heavy atom. The molecule has 32 heavy (non-hydrogen) atoms. The molecule has 0 spiro atoms. The summed E-state index contributed by atoms with van der Waals surface area (Å²) in [5.74, 6) is -5.10. The molecular formula is C21H15Cl5F2N2O2. The molecule has 170 valence electrons. The number of benzene rings is 2. The van der Waals surface area contributed by atoms with E-state index in [-0.39, 0.29) is 16.3 Å². The van der Waals surface area contributed by atoms with Gasteiger partial charge in [0.1, 0.15) is 4.33 Å². The molecule has 0 aliphatic heterocycles. The van der Waals surface area contributed by atoms with Crippen molar-refractivity contribution in [3.8, 4) is 0 Å². The Hall–Kier alpha value is -1.31. The van der Waals surface area contributed by atoms with Gasteiger partial charge in [0.2, 0.25) is 5.91 Å². The van der Waals surface area contributed by atoms with Gasteiger partial charge in [-0.25, -0.2) is 8.78 Å². The van der Waals surface area contributed by atoms with Crippen molar-refractivity contribution in [2.75, 3.05) is 5.32 Å². The van der Waals surface area contributed by atoms with Gasteiger partial charge in [0.15, 0.2) is 0 Å². The van der Waals surface area contributed by atoms with E-state index in [1.165, 1.54) is 18.2 Å². The fraction of sp³-hybridized carbons (Fsp3) is 0.333. The maximum absolute atomic E-state index is 13.0. The first-order chi connectivity index (χ1) is 14.9. The summed E-state index contributed by atoms with van der Waals surface area (Å²) >= 11 is 30.8. The zero-order valence-electron chi connectivity index (χ0n) is 16.1. The fourth-order valence-corrected chi connectivity index (χ4v) is 5.14. The minimum Gasteiger partial charge on any atom is -0.349 e. The molecule has 2 aliphatic carbocycles.